The number of halogens is 12. The van der Waals surface area contributed by atoms with Gasteiger partial charge >= 0.3 is 59.8 Å². The first-order valence-corrected chi connectivity index (χ1v) is 14.6. The highest BCUT2D eigenvalue weighted by atomic mass is 19.4. The van der Waals surface area contributed by atoms with Crippen LogP contribution < -0.4 is 0 Å². The maximum absolute atomic E-state index is 13.0. The summed E-state index contributed by atoms with van der Waals surface area (Å²) < 4.78 is 174. The van der Waals surface area contributed by atoms with Gasteiger partial charge in [-0.25, -0.2) is 19.2 Å². The van der Waals surface area contributed by atoms with E-state index >= 15 is 0 Å². The minimum Gasteiger partial charge on any atom is -0.457 e. The van der Waals surface area contributed by atoms with Crippen molar-refractivity contribution >= 4 is 23.9 Å². The molecule has 50 heavy (non-hydrogen) atoms. The van der Waals surface area contributed by atoms with E-state index < -0.39 is 95.0 Å². The second-order valence-electron chi connectivity index (χ2n) is 14.1. The molecular weight excluding hydrogens is 724 g/mol. The highest BCUT2D eigenvalue weighted by Gasteiger charge is 2.78. The first kappa shape index (κ1) is 41.4. The second-order valence-corrected chi connectivity index (χ2v) is 14.1. The molecule has 0 amide bonds. The van der Waals surface area contributed by atoms with Gasteiger partial charge in [0.15, 0.2) is 13.2 Å². The van der Waals surface area contributed by atoms with Crippen LogP contribution in [-0.4, -0.2) is 94.4 Å². The van der Waals surface area contributed by atoms with Crippen LogP contribution in [0.1, 0.15) is 66.2 Å². The van der Waals surface area contributed by atoms with E-state index in [9.17, 15) is 71.9 Å². The Morgan fingerprint density at radius 2 is 0.820 bits per heavy atom. The van der Waals surface area contributed by atoms with E-state index in [2.05, 4.69) is 9.47 Å². The van der Waals surface area contributed by atoms with Crippen LogP contribution in [0.4, 0.5) is 52.7 Å². The fourth-order valence-corrected chi connectivity index (χ4v) is 7.76. The Hall–Kier alpha value is -3.04. The first-order valence-electron chi connectivity index (χ1n) is 14.6. The van der Waals surface area contributed by atoms with Crippen molar-refractivity contribution in [2.45, 2.75) is 113 Å². The van der Waals surface area contributed by atoms with Gasteiger partial charge in [-0.2, -0.15) is 52.7 Å². The van der Waals surface area contributed by atoms with Crippen LogP contribution in [0, 0.1) is 22.7 Å². The molecule has 0 aliphatic heterocycles. The monoisotopic (exact) mass is 756 g/mol. The highest BCUT2D eigenvalue weighted by Crippen LogP contribution is 2.71. The molecule has 4 aliphatic rings. The van der Waals surface area contributed by atoms with Crippen molar-refractivity contribution in [1.29, 1.82) is 0 Å². The van der Waals surface area contributed by atoms with Crippen molar-refractivity contribution in [3.05, 3.63) is 0 Å². The largest absolute Gasteiger partial charge is 0.457 e. The number of carbonyl (C=O) groups is 4. The molecule has 4 saturated carbocycles. The third-order valence-corrected chi connectivity index (χ3v) is 10.2. The average Bonchev–Trinajstić information content (AvgIpc) is 2.89. The maximum atomic E-state index is 13.0. The Morgan fingerprint density at radius 3 is 1.06 bits per heavy atom. The number of hydrogen-bond donors (Lipinski definition) is 2. The van der Waals surface area contributed by atoms with Crippen molar-refractivity contribution in [1.82, 2.24) is 0 Å². The van der Waals surface area contributed by atoms with Crippen molar-refractivity contribution in [2.24, 2.45) is 22.7 Å². The van der Waals surface area contributed by atoms with Crippen LogP contribution in [0.2, 0.25) is 0 Å². The van der Waals surface area contributed by atoms with Crippen molar-refractivity contribution < 1.29 is 101 Å². The van der Waals surface area contributed by atoms with Gasteiger partial charge in [0, 0.05) is 10.8 Å². The number of alkyl halides is 12. The van der Waals surface area contributed by atoms with Crippen LogP contribution >= 0.6 is 0 Å². The summed E-state index contributed by atoms with van der Waals surface area (Å²) in [5.74, 6) is -9.90. The number of carbonyl (C=O) groups excluding carboxylic acids is 4. The minimum atomic E-state index is -6.56. The second kappa shape index (κ2) is 12.3. The summed E-state index contributed by atoms with van der Waals surface area (Å²) in [6, 6.07) is 0. The van der Waals surface area contributed by atoms with E-state index in [0.29, 0.717) is 32.1 Å². The quantitative estimate of drug-likeness (QED) is 0.177. The molecule has 22 heteroatoms. The van der Waals surface area contributed by atoms with Crippen molar-refractivity contribution in [3.8, 4) is 0 Å². The Morgan fingerprint density at radius 1 is 0.560 bits per heavy atom. The van der Waals surface area contributed by atoms with Gasteiger partial charge in [-0.3, -0.25) is 0 Å². The lowest BCUT2D eigenvalue weighted by Gasteiger charge is -2.68. The minimum absolute atomic E-state index is 0.0664. The van der Waals surface area contributed by atoms with Crippen LogP contribution in [0.25, 0.3) is 0 Å². The first-order chi connectivity index (χ1) is 22.1. The lowest BCUT2D eigenvalue weighted by molar-refractivity contribution is -0.357. The summed E-state index contributed by atoms with van der Waals surface area (Å²) in [4.78, 5) is 48.6. The molecule has 0 saturated heterocycles. The molecule has 0 atom stereocenters. The van der Waals surface area contributed by atoms with Gasteiger partial charge in [0.05, 0.1) is 0 Å². The summed E-state index contributed by atoms with van der Waals surface area (Å²) in [6.07, 6.45) is -24.2. The summed E-state index contributed by atoms with van der Waals surface area (Å²) in [5, 5.41) is 18.3. The number of hydrogen-bond acceptors (Lipinski definition) is 10. The zero-order valence-electron chi connectivity index (χ0n) is 26.5. The van der Waals surface area contributed by atoms with Crippen molar-refractivity contribution in [2.75, 3.05) is 13.2 Å². The van der Waals surface area contributed by atoms with E-state index in [1.54, 1.807) is 0 Å². The predicted octanol–water partition coefficient (Wildman–Crippen LogP) is 5.01. The van der Waals surface area contributed by atoms with Crippen LogP contribution in [0.15, 0.2) is 0 Å². The normalized spacial score (nSPS) is 26.4. The van der Waals surface area contributed by atoms with Crippen LogP contribution in [-0.2, 0) is 38.1 Å². The summed E-state index contributed by atoms with van der Waals surface area (Å²) in [5.41, 5.74) is -17.1. The molecule has 0 heterocycles. The molecule has 0 aromatic heterocycles. The molecule has 0 aromatic rings. The molecule has 4 fully saturated rings. The SMILES string of the molecule is CC(C)(OC(=O)COC(=O)C(O)(C(F)(F)F)C(F)(F)F)C12CC3CC(C1)CC(C(C)(C)OC(=O)COC(=O)C(O)(C(F)(F)F)C(F)(F)F)(C3)C2. The van der Waals surface area contributed by atoms with Gasteiger partial charge in [0.25, 0.3) is 0 Å². The molecule has 0 aromatic carbocycles. The molecule has 10 nitrogen and oxygen atoms in total. The molecule has 0 unspecified atom stereocenters. The zero-order chi connectivity index (χ0) is 38.9. The maximum Gasteiger partial charge on any atom is 0.437 e. The molecule has 4 bridgehead atoms. The fraction of sp³-hybridized carbons (Fsp3) is 0.857. The topological polar surface area (TPSA) is 146 Å². The van der Waals surface area contributed by atoms with Crippen molar-refractivity contribution in [3.63, 3.8) is 0 Å². The smallest absolute Gasteiger partial charge is 0.437 e. The highest BCUT2D eigenvalue weighted by molar-refractivity contribution is 5.85. The lowest BCUT2D eigenvalue weighted by atomic mass is 9.38. The summed E-state index contributed by atoms with van der Waals surface area (Å²) >= 11 is 0. The standard InChI is InChI=1S/C28H32F12O10/c1-19(2,49-15(41)10-47-17(43)23(45,25(29,30)31)26(32,33)34)21-6-13-5-14(7-21)9-22(8-13,12-21)20(3,4)50-16(42)11-48-18(44)24(46,27(35,36)37)28(38,39)40/h13-14,45-46H,5-12H2,1-4H3. The molecule has 2 N–H and O–H groups in total. The molecule has 288 valence electrons. The Kier molecular flexibility index (Phi) is 10.2. The number of aliphatic hydroxyl groups is 2. The Balaban J connectivity index is 1.76. The molecular formula is C28H32F12O10. The van der Waals surface area contributed by atoms with E-state index in [4.69, 9.17) is 19.7 Å². The summed E-state index contributed by atoms with van der Waals surface area (Å²) in [6.45, 7) is 1.97. The van der Waals surface area contributed by atoms with E-state index in [-0.39, 0.29) is 18.3 Å². The number of esters is 4. The third-order valence-electron chi connectivity index (χ3n) is 10.2. The summed E-state index contributed by atoms with van der Waals surface area (Å²) in [7, 11) is 0. The number of ether oxygens (including phenoxy) is 4. The van der Waals surface area contributed by atoms with Gasteiger partial charge in [-0.15, -0.1) is 0 Å². The van der Waals surface area contributed by atoms with Gasteiger partial charge in [0.2, 0.25) is 0 Å². The third kappa shape index (κ3) is 6.81. The molecule has 4 aliphatic carbocycles. The Labute approximate surface area is 274 Å². The average molecular weight is 757 g/mol. The van der Waals surface area contributed by atoms with E-state index in [0.717, 1.165) is 0 Å². The Bertz CT molecular complexity index is 1220. The van der Waals surface area contributed by atoms with Gasteiger partial charge in [-0.1, -0.05) is 0 Å². The van der Waals surface area contributed by atoms with Crippen LogP contribution in [0.3, 0.4) is 0 Å². The molecule has 4 rings (SSSR count). The van der Waals surface area contributed by atoms with E-state index in [1.807, 2.05) is 0 Å². The fourth-order valence-electron chi connectivity index (χ4n) is 7.76. The van der Waals surface area contributed by atoms with Gasteiger partial charge in [-0.05, 0) is 78.1 Å². The zero-order valence-corrected chi connectivity index (χ0v) is 26.5. The van der Waals surface area contributed by atoms with Gasteiger partial charge < -0.3 is 29.2 Å². The van der Waals surface area contributed by atoms with Gasteiger partial charge in [0.1, 0.15) is 11.2 Å². The van der Waals surface area contributed by atoms with E-state index in [1.165, 1.54) is 27.7 Å². The lowest BCUT2D eigenvalue weighted by Crippen LogP contribution is -2.66. The number of rotatable bonds is 10. The predicted molar refractivity (Wildman–Crippen MR) is 136 cm³/mol. The molecule has 0 spiro atoms. The van der Waals surface area contributed by atoms with Crippen LogP contribution in [0.5, 0.6) is 0 Å². The molecule has 0 radical (unpaired) electrons.